The number of nitrogens with two attached hydrogens (primary N) is 1. The summed E-state index contributed by atoms with van der Waals surface area (Å²) in [6.45, 7) is 0. The molecule has 0 fully saturated rings. The van der Waals surface area contributed by atoms with E-state index in [4.69, 9.17) is 10.2 Å². The van der Waals surface area contributed by atoms with E-state index in [1.54, 1.807) is 12.5 Å². The third kappa shape index (κ3) is 2.01. The molecule has 0 spiro atoms. The Kier molecular flexibility index (Phi) is 2.50. The molecule has 1 unspecified atom stereocenters. The van der Waals surface area contributed by atoms with Crippen LogP contribution < -0.4 is 5.73 Å². The molecule has 0 aromatic carbocycles. The molecular weight excluding hydrogens is 162 g/mol. The second-order valence-corrected chi connectivity index (χ2v) is 3.61. The van der Waals surface area contributed by atoms with Gasteiger partial charge in [-0.25, -0.2) is 0 Å². The Morgan fingerprint density at radius 1 is 1.38 bits per heavy atom. The van der Waals surface area contributed by atoms with Crippen LogP contribution in [0, 0.1) is 0 Å². The molecule has 1 aliphatic rings. The summed E-state index contributed by atoms with van der Waals surface area (Å²) in [7, 11) is 0. The van der Waals surface area contributed by atoms with Crippen LogP contribution in [0.3, 0.4) is 0 Å². The average Bonchev–Trinajstić information content (AvgIpc) is 2.56. The summed E-state index contributed by atoms with van der Waals surface area (Å²) >= 11 is 0. The zero-order chi connectivity index (χ0) is 9.10. The Balaban J connectivity index is 2.21. The first-order valence-corrected chi connectivity index (χ1v) is 4.85. The third-order valence-corrected chi connectivity index (χ3v) is 2.54. The Morgan fingerprint density at radius 2 is 2.31 bits per heavy atom. The lowest BCUT2D eigenvalue weighted by Crippen LogP contribution is -2.15. The predicted molar refractivity (Wildman–Crippen MR) is 53.1 cm³/mol. The molecule has 0 bridgehead atoms. The van der Waals surface area contributed by atoms with Gasteiger partial charge in [-0.3, -0.25) is 0 Å². The van der Waals surface area contributed by atoms with E-state index in [9.17, 15) is 0 Å². The fourth-order valence-electron chi connectivity index (χ4n) is 1.81. The SMILES string of the molecule is NC1C=C(c2ccoc2)CCCC1. The normalized spacial score (nSPS) is 23.8. The Hall–Kier alpha value is -1.02. The van der Waals surface area contributed by atoms with Gasteiger partial charge < -0.3 is 10.2 Å². The second kappa shape index (κ2) is 3.79. The molecule has 1 aromatic heterocycles. The van der Waals surface area contributed by atoms with Gasteiger partial charge in [0.2, 0.25) is 0 Å². The molecule has 1 aromatic rings. The number of hydrogen-bond acceptors (Lipinski definition) is 2. The molecule has 0 radical (unpaired) electrons. The van der Waals surface area contributed by atoms with Crippen molar-refractivity contribution in [3.63, 3.8) is 0 Å². The monoisotopic (exact) mass is 177 g/mol. The van der Waals surface area contributed by atoms with Gasteiger partial charge in [0.1, 0.15) is 0 Å². The molecule has 70 valence electrons. The van der Waals surface area contributed by atoms with Gasteiger partial charge in [0.15, 0.2) is 0 Å². The highest BCUT2D eigenvalue weighted by Gasteiger charge is 2.10. The van der Waals surface area contributed by atoms with E-state index >= 15 is 0 Å². The summed E-state index contributed by atoms with van der Waals surface area (Å²) in [5.74, 6) is 0. The zero-order valence-corrected chi connectivity index (χ0v) is 7.70. The molecule has 0 saturated carbocycles. The van der Waals surface area contributed by atoms with E-state index in [1.807, 2.05) is 6.07 Å². The molecule has 13 heavy (non-hydrogen) atoms. The van der Waals surface area contributed by atoms with E-state index in [0.717, 1.165) is 12.8 Å². The van der Waals surface area contributed by atoms with Gasteiger partial charge in [-0.1, -0.05) is 12.5 Å². The fourth-order valence-corrected chi connectivity index (χ4v) is 1.81. The van der Waals surface area contributed by atoms with Crippen LogP contribution in [0.2, 0.25) is 0 Å². The van der Waals surface area contributed by atoms with Crippen LogP contribution in [0.5, 0.6) is 0 Å². The number of rotatable bonds is 1. The van der Waals surface area contributed by atoms with E-state index in [1.165, 1.54) is 24.0 Å². The summed E-state index contributed by atoms with van der Waals surface area (Å²) < 4.78 is 5.06. The molecule has 2 heteroatoms. The zero-order valence-electron chi connectivity index (χ0n) is 7.70. The van der Waals surface area contributed by atoms with Gasteiger partial charge in [0.05, 0.1) is 12.5 Å². The third-order valence-electron chi connectivity index (χ3n) is 2.54. The molecule has 1 heterocycles. The highest BCUT2D eigenvalue weighted by molar-refractivity contribution is 5.65. The molecule has 2 rings (SSSR count). The number of furan rings is 1. The second-order valence-electron chi connectivity index (χ2n) is 3.61. The van der Waals surface area contributed by atoms with Gasteiger partial charge in [-0.05, 0) is 30.9 Å². The summed E-state index contributed by atoms with van der Waals surface area (Å²) in [5.41, 5.74) is 8.46. The Morgan fingerprint density at radius 3 is 3.08 bits per heavy atom. The van der Waals surface area contributed by atoms with Crippen LogP contribution in [-0.2, 0) is 0 Å². The minimum Gasteiger partial charge on any atom is -0.472 e. The van der Waals surface area contributed by atoms with Crippen LogP contribution in [0.4, 0.5) is 0 Å². The number of allylic oxidation sites excluding steroid dienone is 1. The number of hydrogen-bond donors (Lipinski definition) is 1. The lowest BCUT2D eigenvalue weighted by molar-refractivity contribution is 0.566. The lowest BCUT2D eigenvalue weighted by atomic mass is 10.0. The maximum absolute atomic E-state index is 5.92. The maximum atomic E-state index is 5.92. The molecule has 2 N–H and O–H groups in total. The van der Waals surface area contributed by atoms with Crippen molar-refractivity contribution in [3.05, 3.63) is 30.2 Å². The summed E-state index contributed by atoms with van der Waals surface area (Å²) in [6, 6.07) is 2.23. The predicted octanol–water partition coefficient (Wildman–Crippen LogP) is 2.56. The van der Waals surface area contributed by atoms with E-state index < -0.39 is 0 Å². The smallest absolute Gasteiger partial charge is 0.0977 e. The molecule has 1 atom stereocenters. The minimum atomic E-state index is 0.229. The largest absolute Gasteiger partial charge is 0.472 e. The molecule has 2 nitrogen and oxygen atoms in total. The lowest BCUT2D eigenvalue weighted by Gasteiger charge is -2.03. The molecule has 0 aliphatic heterocycles. The minimum absolute atomic E-state index is 0.229. The van der Waals surface area contributed by atoms with Gasteiger partial charge >= 0.3 is 0 Å². The fraction of sp³-hybridized carbons (Fsp3) is 0.455. The van der Waals surface area contributed by atoms with Crippen LogP contribution >= 0.6 is 0 Å². The van der Waals surface area contributed by atoms with Gasteiger partial charge in [0, 0.05) is 11.6 Å². The van der Waals surface area contributed by atoms with Gasteiger partial charge in [-0.15, -0.1) is 0 Å². The van der Waals surface area contributed by atoms with Crippen molar-refractivity contribution in [2.24, 2.45) is 5.73 Å². The van der Waals surface area contributed by atoms with E-state index in [-0.39, 0.29) is 6.04 Å². The van der Waals surface area contributed by atoms with Gasteiger partial charge in [0.25, 0.3) is 0 Å². The van der Waals surface area contributed by atoms with E-state index in [0.29, 0.717) is 0 Å². The first kappa shape index (κ1) is 8.57. The van der Waals surface area contributed by atoms with E-state index in [2.05, 4.69) is 6.08 Å². The molecule has 0 saturated heterocycles. The van der Waals surface area contributed by atoms with Crippen LogP contribution in [-0.4, -0.2) is 6.04 Å². The Labute approximate surface area is 78.4 Å². The summed E-state index contributed by atoms with van der Waals surface area (Å²) in [5, 5.41) is 0. The highest BCUT2D eigenvalue weighted by Crippen LogP contribution is 2.25. The first-order chi connectivity index (χ1) is 6.36. The van der Waals surface area contributed by atoms with Crippen molar-refractivity contribution >= 4 is 5.57 Å². The highest BCUT2D eigenvalue weighted by atomic mass is 16.3. The van der Waals surface area contributed by atoms with Crippen LogP contribution in [0.25, 0.3) is 5.57 Å². The molecular formula is C11H15NO. The van der Waals surface area contributed by atoms with Crippen molar-refractivity contribution in [1.82, 2.24) is 0 Å². The molecule has 0 amide bonds. The maximum Gasteiger partial charge on any atom is 0.0977 e. The Bertz CT molecular complexity index is 287. The van der Waals surface area contributed by atoms with Crippen molar-refractivity contribution in [2.75, 3.05) is 0 Å². The van der Waals surface area contributed by atoms with Crippen LogP contribution in [0.15, 0.2) is 29.1 Å². The summed E-state index contributed by atoms with van der Waals surface area (Å²) in [4.78, 5) is 0. The van der Waals surface area contributed by atoms with Crippen molar-refractivity contribution in [2.45, 2.75) is 31.7 Å². The van der Waals surface area contributed by atoms with Crippen molar-refractivity contribution in [1.29, 1.82) is 0 Å². The molecule has 1 aliphatic carbocycles. The topological polar surface area (TPSA) is 39.2 Å². The van der Waals surface area contributed by atoms with Gasteiger partial charge in [-0.2, -0.15) is 0 Å². The first-order valence-electron chi connectivity index (χ1n) is 4.85. The van der Waals surface area contributed by atoms with Crippen LogP contribution in [0.1, 0.15) is 31.2 Å². The average molecular weight is 177 g/mol. The quantitative estimate of drug-likeness (QED) is 0.716. The standard InChI is InChI=1S/C11H15NO/c12-11-4-2-1-3-9(7-11)10-5-6-13-8-10/h5-8,11H,1-4,12H2. The van der Waals surface area contributed by atoms with Crippen molar-refractivity contribution < 1.29 is 4.42 Å². The van der Waals surface area contributed by atoms with Crippen molar-refractivity contribution in [3.8, 4) is 0 Å². The summed E-state index contributed by atoms with van der Waals surface area (Å²) in [6.07, 6.45) is 10.4.